The molecule has 25 heavy (non-hydrogen) atoms. The molecule has 0 saturated heterocycles. The average Bonchev–Trinajstić information content (AvgIpc) is 3.25. The van der Waals surface area contributed by atoms with Gasteiger partial charge in [0.25, 0.3) is 0 Å². The molecule has 3 rings (SSSR count). The molecule has 0 aromatic carbocycles. The smallest absolute Gasteiger partial charge is 0.233 e. The van der Waals surface area contributed by atoms with Gasteiger partial charge in [-0.3, -0.25) is 4.79 Å². The average molecular weight is 361 g/mol. The van der Waals surface area contributed by atoms with Gasteiger partial charge < -0.3 is 14.6 Å². The quantitative estimate of drug-likeness (QED) is 0.762. The predicted octanol–water partition coefficient (Wildman–Crippen LogP) is 2.33. The van der Waals surface area contributed by atoms with Crippen LogP contribution in [0.5, 0.6) is 5.88 Å². The Morgan fingerprint density at radius 1 is 1.48 bits per heavy atom. The van der Waals surface area contributed by atoms with Gasteiger partial charge in [-0.2, -0.15) is 0 Å². The second-order valence-corrected chi connectivity index (χ2v) is 7.54. The molecule has 1 aliphatic carbocycles. The number of aryl methyl sites for hydroxylation is 1. The molecule has 0 bridgehead atoms. The highest BCUT2D eigenvalue weighted by Crippen LogP contribution is 2.23. The van der Waals surface area contributed by atoms with Crippen LogP contribution in [0.3, 0.4) is 0 Å². The van der Waals surface area contributed by atoms with E-state index in [1.807, 2.05) is 26.1 Å². The van der Waals surface area contributed by atoms with Crippen LogP contribution in [0.1, 0.15) is 38.2 Å². The normalized spacial score (nSPS) is 15.9. The van der Waals surface area contributed by atoms with E-state index in [1.165, 1.54) is 24.6 Å². The van der Waals surface area contributed by atoms with Gasteiger partial charge in [0.1, 0.15) is 12.4 Å². The van der Waals surface area contributed by atoms with Crippen LogP contribution in [0.15, 0.2) is 29.8 Å². The Morgan fingerprint density at radius 3 is 3.00 bits per heavy atom. The standard InChI is InChI=1S/C17H23N5O2S/c1-12(25-17-21-20-11-22(17)2)16(23)19-10-13-7-8-18-15(9-13)24-14-5-3-4-6-14/h7-9,11-12,14H,3-6,10H2,1-2H3,(H,19,23)/t12-/m0/s1. The van der Waals surface area contributed by atoms with Crippen LogP contribution in [0.4, 0.5) is 0 Å². The van der Waals surface area contributed by atoms with Gasteiger partial charge in [-0.15, -0.1) is 10.2 Å². The first-order valence-corrected chi connectivity index (χ1v) is 9.40. The molecule has 2 aromatic rings. The lowest BCUT2D eigenvalue weighted by molar-refractivity contribution is -0.120. The number of thioether (sulfide) groups is 1. The number of ether oxygens (including phenoxy) is 1. The van der Waals surface area contributed by atoms with Gasteiger partial charge in [-0.25, -0.2) is 4.98 Å². The highest BCUT2D eigenvalue weighted by molar-refractivity contribution is 8.00. The molecule has 1 aliphatic rings. The largest absolute Gasteiger partial charge is 0.474 e. The number of nitrogens with zero attached hydrogens (tertiary/aromatic N) is 4. The van der Waals surface area contributed by atoms with E-state index in [0.717, 1.165) is 23.6 Å². The number of pyridine rings is 1. The number of carbonyl (C=O) groups excluding carboxylic acids is 1. The van der Waals surface area contributed by atoms with E-state index < -0.39 is 0 Å². The molecular formula is C17H23N5O2S. The first-order chi connectivity index (χ1) is 12.1. The van der Waals surface area contributed by atoms with Gasteiger partial charge in [0.15, 0.2) is 5.16 Å². The Bertz CT molecular complexity index is 715. The molecule has 1 saturated carbocycles. The molecule has 1 amide bonds. The number of rotatable bonds is 7. The molecule has 7 nitrogen and oxygen atoms in total. The summed E-state index contributed by atoms with van der Waals surface area (Å²) in [6, 6.07) is 3.79. The molecule has 1 fully saturated rings. The second-order valence-electron chi connectivity index (χ2n) is 6.23. The summed E-state index contributed by atoms with van der Waals surface area (Å²) in [4.78, 5) is 16.5. The van der Waals surface area contributed by atoms with Crippen LogP contribution in [0.25, 0.3) is 0 Å². The van der Waals surface area contributed by atoms with E-state index in [4.69, 9.17) is 4.74 Å². The highest BCUT2D eigenvalue weighted by Gasteiger charge is 2.18. The highest BCUT2D eigenvalue weighted by atomic mass is 32.2. The monoisotopic (exact) mass is 361 g/mol. The summed E-state index contributed by atoms with van der Waals surface area (Å²) in [7, 11) is 1.86. The third-order valence-corrected chi connectivity index (χ3v) is 5.32. The Morgan fingerprint density at radius 2 is 2.28 bits per heavy atom. The lowest BCUT2D eigenvalue weighted by Gasteiger charge is -2.14. The summed E-state index contributed by atoms with van der Waals surface area (Å²) in [5.41, 5.74) is 0.979. The van der Waals surface area contributed by atoms with Crippen molar-refractivity contribution >= 4 is 17.7 Å². The molecule has 2 aromatic heterocycles. The van der Waals surface area contributed by atoms with Crippen LogP contribution in [-0.2, 0) is 18.4 Å². The topological polar surface area (TPSA) is 81.9 Å². The van der Waals surface area contributed by atoms with Crippen molar-refractivity contribution in [2.45, 2.75) is 55.7 Å². The van der Waals surface area contributed by atoms with Crippen LogP contribution < -0.4 is 10.1 Å². The minimum atomic E-state index is -0.251. The number of nitrogens with one attached hydrogen (secondary N) is 1. The van der Waals surface area contributed by atoms with Crippen molar-refractivity contribution < 1.29 is 9.53 Å². The fraction of sp³-hybridized carbons (Fsp3) is 0.529. The summed E-state index contributed by atoms with van der Waals surface area (Å²) >= 11 is 1.38. The van der Waals surface area contributed by atoms with Crippen molar-refractivity contribution in [3.8, 4) is 5.88 Å². The molecule has 0 aliphatic heterocycles. The molecule has 2 heterocycles. The van der Waals surface area contributed by atoms with Crippen LogP contribution in [-0.4, -0.2) is 37.0 Å². The van der Waals surface area contributed by atoms with E-state index in [1.54, 1.807) is 17.1 Å². The van der Waals surface area contributed by atoms with Crippen LogP contribution in [0.2, 0.25) is 0 Å². The van der Waals surface area contributed by atoms with Gasteiger partial charge in [0.2, 0.25) is 11.8 Å². The first kappa shape index (κ1) is 17.7. The van der Waals surface area contributed by atoms with Gasteiger partial charge >= 0.3 is 0 Å². The van der Waals surface area contributed by atoms with Crippen molar-refractivity contribution in [1.82, 2.24) is 25.1 Å². The fourth-order valence-corrected chi connectivity index (χ4v) is 3.54. The maximum absolute atomic E-state index is 12.3. The van der Waals surface area contributed by atoms with Gasteiger partial charge in [0.05, 0.1) is 5.25 Å². The zero-order valence-corrected chi connectivity index (χ0v) is 15.3. The molecular weight excluding hydrogens is 338 g/mol. The molecule has 1 N–H and O–H groups in total. The maximum Gasteiger partial charge on any atom is 0.233 e. The molecule has 0 unspecified atom stereocenters. The lowest BCUT2D eigenvalue weighted by atomic mass is 10.2. The molecule has 0 radical (unpaired) electrons. The van der Waals surface area contributed by atoms with Crippen molar-refractivity contribution in [3.63, 3.8) is 0 Å². The van der Waals surface area contributed by atoms with Crippen LogP contribution >= 0.6 is 11.8 Å². The minimum Gasteiger partial charge on any atom is -0.474 e. The summed E-state index contributed by atoms with van der Waals surface area (Å²) in [6.45, 7) is 2.31. The Labute approximate surface area is 151 Å². The zero-order valence-electron chi connectivity index (χ0n) is 14.5. The van der Waals surface area contributed by atoms with Crippen molar-refractivity contribution in [3.05, 3.63) is 30.2 Å². The molecule has 1 atom stereocenters. The number of carbonyl (C=O) groups is 1. The first-order valence-electron chi connectivity index (χ1n) is 8.52. The number of aromatic nitrogens is 4. The van der Waals surface area contributed by atoms with Gasteiger partial charge in [-0.1, -0.05) is 11.8 Å². The summed E-state index contributed by atoms with van der Waals surface area (Å²) in [6.07, 6.45) is 8.27. The Balaban J connectivity index is 1.50. The number of hydrogen-bond donors (Lipinski definition) is 1. The van der Waals surface area contributed by atoms with Gasteiger partial charge in [-0.05, 0) is 44.2 Å². The Hall–Kier alpha value is -2.09. The van der Waals surface area contributed by atoms with E-state index >= 15 is 0 Å². The molecule has 134 valence electrons. The third kappa shape index (κ3) is 4.94. The minimum absolute atomic E-state index is 0.0388. The van der Waals surface area contributed by atoms with Crippen LogP contribution in [0, 0.1) is 0 Å². The van der Waals surface area contributed by atoms with E-state index in [9.17, 15) is 4.79 Å². The Kier molecular flexibility index (Phi) is 5.91. The van der Waals surface area contributed by atoms with Gasteiger partial charge in [0, 0.05) is 25.9 Å². The SMILES string of the molecule is C[C@H](Sc1nncn1C)C(=O)NCc1ccnc(OC2CCCC2)c1. The van der Waals surface area contributed by atoms with Crippen molar-refractivity contribution in [2.24, 2.45) is 7.05 Å². The summed E-state index contributed by atoms with van der Waals surface area (Å²) < 4.78 is 7.70. The van der Waals surface area contributed by atoms with E-state index in [-0.39, 0.29) is 17.3 Å². The van der Waals surface area contributed by atoms with Crippen molar-refractivity contribution in [2.75, 3.05) is 0 Å². The maximum atomic E-state index is 12.3. The summed E-state index contributed by atoms with van der Waals surface area (Å²) in [5, 5.41) is 11.2. The third-order valence-electron chi connectivity index (χ3n) is 4.18. The second kappa shape index (κ2) is 8.33. The predicted molar refractivity (Wildman–Crippen MR) is 95.3 cm³/mol. The number of hydrogen-bond acceptors (Lipinski definition) is 6. The summed E-state index contributed by atoms with van der Waals surface area (Å²) in [5.74, 6) is 0.600. The van der Waals surface area contributed by atoms with E-state index in [2.05, 4.69) is 20.5 Å². The van der Waals surface area contributed by atoms with Crippen molar-refractivity contribution in [1.29, 1.82) is 0 Å². The molecule has 0 spiro atoms. The number of amides is 1. The zero-order chi connectivity index (χ0) is 17.6. The lowest BCUT2D eigenvalue weighted by Crippen LogP contribution is -2.30. The molecule has 8 heteroatoms. The fourth-order valence-electron chi connectivity index (χ4n) is 2.73. The van der Waals surface area contributed by atoms with E-state index in [0.29, 0.717) is 12.4 Å².